The zero-order chi connectivity index (χ0) is 14.7. The molecule has 1 amide bonds. The minimum Gasteiger partial charge on any atom is -0.465 e. The first kappa shape index (κ1) is 14.3. The molecule has 1 heterocycles. The molecule has 0 bridgehead atoms. The van der Waals surface area contributed by atoms with Crippen LogP contribution in [0, 0.1) is 5.82 Å². The van der Waals surface area contributed by atoms with Gasteiger partial charge in [0.1, 0.15) is 10.8 Å². The summed E-state index contributed by atoms with van der Waals surface area (Å²) in [5.41, 5.74) is 0.186. The van der Waals surface area contributed by atoms with Gasteiger partial charge in [-0.15, -0.1) is 0 Å². The van der Waals surface area contributed by atoms with Crippen LogP contribution in [0.3, 0.4) is 0 Å². The van der Waals surface area contributed by atoms with E-state index in [4.69, 9.17) is 28.3 Å². The maximum absolute atomic E-state index is 13.4. The molecule has 0 aliphatic heterocycles. The van der Waals surface area contributed by atoms with E-state index in [1.807, 2.05) is 5.32 Å². The summed E-state index contributed by atoms with van der Waals surface area (Å²) >= 11 is 11.5. The van der Waals surface area contributed by atoms with E-state index >= 15 is 0 Å². The Balaban J connectivity index is 2.29. The van der Waals surface area contributed by atoms with Crippen LogP contribution in [0.15, 0.2) is 24.4 Å². The molecular formula is C11H7Cl2FN4O2. The van der Waals surface area contributed by atoms with Gasteiger partial charge in [0, 0.05) is 5.69 Å². The molecule has 9 heteroatoms. The lowest BCUT2D eigenvalue weighted by Crippen LogP contribution is -2.09. The van der Waals surface area contributed by atoms with Crippen LogP contribution < -0.4 is 10.6 Å². The van der Waals surface area contributed by atoms with Gasteiger partial charge in [0.15, 0.2) is 5.82 Å². The zero-order valence-electron chi connectivity index (χ0n) is 9.69. The van der Waals surface area contributed by atoms with Gasteiger partial charge in [0.05, 0.1) is 11.9 Å². The van der Waals surface area contributed by atoms with Gasteiger partial charge in [0.2, 0.25) is 5.28 Å². The van der Waals surface area contributed by atoms with E-state index in [1.54, 1.807) is 0 Å². The normalized spacial score (nSPS) is 10.2. The largest absolute Gasteiger partial charge is 0.465 e. The van der Waals surface area contributed by atoms with Crippen molar-refractivity contribution in [2.75, 3.05) is 10.6 Å². The monoisotopic (exact) mass is 316 g/mol. The molecule has 2 aromatic rings. The number of aromatic nitrogens is 2. The molecular weight excluding hydrogens is 310 g/mol. The molecule has 104 valence electrons. The second-order valence-corrected chi connectivity index (χ2v) is 4.33. The van der Waals surface area contributed by atoms with E-state index in [2.05, 4.69) is 15.3 Å². The van der Waals surface area contributed by atoms with Gasteiger partial charge in [-0.1, -0.05) is 11.6 Å². The Morgan fingerprint density at radius 2 is 2.10 bits per heavy atom. The van der Waals surface area contributed by atoms with E-state index in [-0.39, 0.29) is 21.8 Å². The molecule has 0 aliphatic rings. The highest BCUT2D eigenvalue weighted by Gasteiger charge is 2.09. The number of amides is 1. The molecule has 2 rings (SSSR count). The summed E-state index contributed by atoms with van der Waals surface area (Å²) in [6.45, 7) is 0. The number of hydrogen-bond acceptors (Lipinski definition) is 4. The first-order valence-electron chi connectivity index (χ1n) is 5.20. The number of nitrogens with one attached hydrogen (secondary N) is 2. The second-order valence-electron chi connectivity index (χ2n) is 3.59. The van der Waals surface area contributed by atoms with Gasteiger partial charge >= 0.3 is 6.09 Å². The van der Waals surface area contributed by atoms with Gasteiger partial charge in [-0.3, -0.25) is 5.32 Å². The zero-order valence-corrected chi connectivity index (χ0v) is 11.2. The number of hydrogen-bond donors (Lipinski definition) is 3. The first-order valence-corrected chi connectivity index (χ1v) is 5.96. The first-order chi connectivity index (χ1) is 9.45. The maximum Gasteiger partial charge on any atom is 0.409 e. The molecule has 20 heavy (non-hydrogen) atoms. The third-order valence-electron chi connectivity index (χ3n) is 2.19. The second kappa shape index (κ2) is 5.89. The standard InChI is InChI=1S/C11H7Cl2FN4O2/c12-6-4-15-10(13)18-9(6)16-5-1-2-7(14)8(3-5)17-11(19)20/h1-4,17H,(H,19,20)(H,15,16,18). The Kier molecular flexibility index (Phi) is 4.21. The third-order valence-corrected chi connectivity index (χ3v) is 2.64. The molecule has 0 unspecified atom stereocenters. The molecule has 0 spiro atoms. The highest BCUT2D eigenvalue weighted by molar-refractivity contribution is 6.33. The number of halogens is 3. The van der Waals surface area contributed by atoms with E-state index in [0.29, 0.717) is 5.69 Å². The molecule has 1 aromatic carbocycles. The van der Waals surface area contributed by atoms with Crippen molar-refractivity contribution in [1.82, 2.24) is 9.97 Å². The van der Waals surface area contributed by atoms with Crippen LogP contribution in [-0.4, -0.2) is 21.2 Å². The molecule has 6 nitrogen and oxygen atoms in total. The fourth-order valence-corrected chi connectivity index (χ4v) is 1.66. The van der Waals surface area contributed by atoms with Crippen molar-refractivity contribution < 1.29 is 14.3 Å². The predicted octanol–water partition coefficient (Wildman–Crippen LogP) is 3.76. The summed E-state index contributed by atoms with van der Waals surface area (Å²) in [6, 6.07) is 3.76. The van der Waals surface area contributed by atoms with Crippen molar-refractivity contribution in [2.45, 2.75) is 0 Å². The smallest absolute Gasteiger partial charge is 0.409 e. The van der Waals surface area contributed by atoms with E-state index < -0.39 is 11.9 Å². The van der Waals surface area contributed by atoms with Crippen molar-refractivity contribution in [3.8, 4) is 0 Å². The van der Waals surface area contributed by atoms with Crippen LogP contribution in [0.1, 0.15) is 0 Å². The third kappa shape index (κ3) is 3.46. The molecule has 0 aliphatic carbocycles. The average molecular weight is 317 g/mol. The molecule has 0 saturated heterocycles. The van der Waals surface area contributed by atoms with Crippen LogP contribution in [0.4, 0.5) is 26.4 Å². The lowest BCUT2D eigenvalue weighted by molar-refractivity contribution is 0.209. The Bertz CT molecular complexity index is 669. The van der Waals surface area contributed by atoms with Crippen molar-refractivity contribution in [3.63, 3.8) is 0 Å². The average Bonchev–Trinajstić information content (AvgIpc) is 2.37. The molecule has 0 radical (unpaired) electrons. The van der Waals surface area contributed by atoms with E-state index in [0.717, 1.165) is 6.07 Å². The summed E-state index contributed by atoms with van der Waals surface area (Å²) in [5.74, 6) is -0.482. The van der Waals surface area contributed by atoms with Crippen molar-refractivity contribution in [3.05, 3.63) is 40.5 Å². The lowest BCUT2D eigenvalue weighted by Gasteiger charge is -2.09. The summed E-state index contributed by atoms with van der Waals surface area (Å²) in [4.78, 5) is 18.1. The summed E-state index contributed by atoms with van der Waals surface area (Å²) in [6.07, 6.45) is -0.0664. The number of carbonyl (C=O) groups is 1. The molecule has 1 aromatic heterocycles. The van der Waals surface area contributed by atoms with Crippen LogP contribution in [-0.2, 0) is 0 Å². The summed E-state index contributed by atoms with van der Waals surface area (Å²) in [7, 11) is 0. The Labute approximate surface area is 122 Å². The quantitative estimate of drug-likeness (QED) is 0.750. The lowest BCUT2D eigenvalue weighted by atomic mass is 10.2. The molecule has 0 fully saturated rings. The van der Waals surface area contributed by atoms with Gasteiger partial charge in [-0.25, -0.2) is 14.2 Å². The number of carboxylic acid groups (broad SMARTS) is 1. The van der Waals surface area contributed by atoms with Gasteiger partial charge < -0.3 is 10.4 Å². The van der Waals surface area contributed by atoms with Gasteiger partial charge in [-0.2, -0.15) is 4.98 Å². The SMILES string of the molecule is O=C(O)Nc1cc(Nc2nc(Cl)ncc2Cl)ccc1F. The van der Waals surface area contributed by atoms with Crippen LogP contribution in [0.25, 0.3) is 0 Å². The van der Waals surface area contributed by atoms with E-state index in [1.165, 1.54) is 18.3 Å². The molecule has 3 N–H and O–H groups in total. The van der Waals surface area contributed by atoms with Crippen LogP contribution in [0.5, 0.6) is 0 Å². The van der Waals surface area contributed by atoms with E-state index in [9.17, 15) is 9.18 Å². The van der Waals surface area contributed by atoms with Crippen molar-refractivity contribution >= 4 is 46.5 Å². The van der Waals surface area contributed by atoms with Crippen molar-refractivity contribution in [2.24, 2.45) is 0 Å². The Hall–Kier alpha value is -2.12. The fraction of sp³-hybridized carbons (Fsp3) is 0. The van der Waals surface area contributed by atoms with Crippen molar-refractivity contribution in [1.29, 1.82) is 0 Å². The topological polar surface area (TPSA) is 87.1 Å². The fourth-order valence-electron chi connectivity index (χ4n) is 1.38. The maximum atomic E-state index is 13.4. The van der Waals surface area contributed by atoms with Crippen LogP contribution >= 0.6 is 23.2 Å². The van der Waals surface area contributed by atoms with Gasteiger partial charge in [0.25, 0.3) is 0 Å². The Morgan fingerprint density at radius 3 is 2.80 bits per heavy atom. The summed E-state index contributed by atoms with van der Waals surface area (Å²) < 4.78 is 13.4. The molecule has 0 saturated carbocycles. The number of rotatable bonds is 3. The minimum atomic E-state index is -1.37. The predicted molar refractivity (Wildman–Crippen MR) is 73.4 cm³/mol. The van der Waals surface area contributed by atoms with Gasteiger partial charge in [-0.05, 0) is 29.8 Å². The number of nitrogens with zero attached hydrogens (tertiary/aromatic N) is 2. The minimum absolute atomic E-state index is 0.0112. The van der Waals surface area contributed by atoms with Crippen LogP contribution in [0.2, 0.25) is 10.3 Å². The highest BCUT2D eigenvalue weighted by atomic mass is 35.5. The number of anilines is 3. The Morgan fingerprint density at radius 1 is 1.35 bits per heavy atom. The highest BCUT2D eigenvalue weighted by Crippen LogP contribution is 2.26. The number of benzene rings is 1. The molecule has 0 atom stereocenters. The summed E-state index contributed by atoms with van der Waals surface area (Å²) in [5, 5.41) is 13.5.